The zero-order valence-electron chi connectivity index (χ0n) is 11.2. The van der Waals surface area contributed by atoms with Crippen LogP contribution < -0.4 is 16.0 Å². The third-order valence-electron chi connectivity index (χ3n) is 2.88. The maximum absolute atomic E-state index is 5.66. The van der Waals surface area contributed by atoms with Crippen molar-refractivity contribution in [1.82, 2.24) is 20.4 Å². The van der Waals surface area contributed by atoms with E-state index in [1.54, 1.807) is 10.9 Å². The minimum atomic E-state index is -0.162. The van der Waals surface area contributed by atoms with Crippen LogP contribution >= 0.6 is 0 Å². The van der Waals surface area contributed by atoms with Gasteiger partial charge in [-0.2, -0.15) is 0 Å². The molecule has 6 heteroatoms. The lowest BCUT2D eigenvalue weighted by atomic mass is 10.0. The molecule has 0 bridgehead atoms. The van der Waals surface area contributed by atoms with Crippen molar-refractivity contribution in [2.45, 2.75) is 19.4 Å². The predicted octanol–water partition coefficient (Wildman–Crippen LogP) is 1.16. The summed E-state index contributed by atoms with van der Waals surface area (Å²) in [5.74, 6) is 6.50. The van der Waals surface area contributed by atoms with E-state index in [0.717, 1.165) is 23.4 Å². The molecule has 1 unspecified atom stereocenters. The lowest BCUT2D eigenvalue weighted by Crippen LogP contribution is -2.30. The number of aromatic nitrogens is 3. The Labute approximate surface area is 112 Å². The molecule has 1 heterocycles. The molecular formula is C13H19N5O. The van der Waals surface area contributed by atoms with E-state index in [0.29, 0.717) is 6.61 Å². The van der Waals surface area contributed by atoms with Crippen LogP contribution in [0.3, 0.4) is 0 Å². The molecule has 3 N–H and O–H groups in total. The summed E-state index contributed by atoms with van der Waals surface area (Å²) < 4.78 is 7.33. The zero-order valence-corrected chi connectivity index (χ0v) is 11.2. The van der Waals surface area contributed by atoms with E-state index in [2.05, 4.69) is 22.7 Å². The summed E-state index contributed by atoms with van der Waals surface area (Å²) in [6.07, 6.45) is 2.68. The quantitative estimate of drug-likeness (QED) is 0.602. The Hall–Kier alpha value is -1.92. The second-order valence-corrected chi connectivity index (χ2v) is 4.30. The van der Waals surface area contributed by atoms with Gasteiger partial charge in [0, 0.05) is 7.05 Å². The highest BCUT2D eigenvalue weighted by Crippen LogP contribution is 2.23. The van der Waals surface area contributed by atoms with Gasteiger partial charge in [0.2, 0.25) is 0 Å². The Morgan fingerprint density at radius 2 is 2.32 bits per heavy atom. The fourth-order valence-electron chi connectivity index (χ4n) is 1.92. The van der Waals surface area contributed by atoms with Gasteiger partial charge in [0.1, 0.15) is 5.75 Å². The van der Waals surface area contributed by atoms with E-state index in [1.807, 2.05) is 31.3 Å². The molecular weight excluding hydrogens is 242 g/mol. The Morgan fingerprint density at radius 1 is 1.47 bits per heavy atom. The van der Waals surface area contributed by atoms with Crippen molar-refractivity contribution in [3.8, 4) is 5.75 Å². The highest BCUT2D eigenvalue weighted by molar-refractivity contribution is 5.34. The highest BCUT2D eigenvalue weighted by atomic mass is 16.5. The lowest BCUT2D eigenvalue weighted by Gasteiger charge is -2.17. The van der Waals surface area contributed by atoms with Crippen molar-refractivity contribution in [2.24, 2.45) is 12.9 Å². The molecule has 0 saturated heterocycles. The van der Waals surface area contributed by atoms with Crippen molar-refractivity contribution in [3.63, 3.8) is 0 Å². The van der Waals surface area contributed by atoms with Gasteiger partial charge in [-0.15, -0.1) is 5.10 Å². The summed E-state index contributed by atoms with van der Waals surface area (Å²) >= 11 is 0. The van der Waals surface area contributed by atoms with Crippen molar-refractivity contribution in [1.29, 1.82) is 0 Å². The molecule has 0 aliphatic heterocycles. The average Bonchev–Trinajstić information content (AvgIpc) is 2.84. The smallest absolute Gasteiger partial charge is 0.119 e. The molecule has 0 aliphatic carbocycles. The van der Waals surface area contributed by atoms with Gasteiger partial charge in [0.05, 0.1) is 24.5 Å². The fourth-order valence-corrected chi connectivity index (χ4v) is 1.92. The summed E-state index contributed by atoms with van der Waals surface area (Å²) in [5.41, 5.74) is 4.70. The summed E-state index contributed by atoms with van der Waals surface area (Å²) in [6.45, 7) is 2.78. The second-order valence-electron chi connectivity index (χ2n) is 4.30. The molecule has 0 aliphatic rings. The van der Waals surface area contributed by atoms with Crippen LogP contribution in [0, 0.1) is 0 Å². The number of nitrogens with one attached hydrogen (secondary N) is 1. The van der Waals surface area contributed by atoms with Crippen LogP contribution in [0.15, 0.2) is 30.5 Å². The maximum atomic E-state index is 5.66. The van der Waals surface area contributed by atoms with E-state index in [1.165, 1.54) is 0 Å². The first-order chi connectivity index (χ1) is 9.26. The molecule has 1 atom stereocenters. The van der Waals surface area contributed by atoms with E-state index < -0.39 is 0 Å². The molecule has 0 saturated carbocycles. The first-order valence-corrected chi connectivity index (χ1v) is 6.29. The first-order valence-electron chi connectivity index (χ1n) is 6.29. The molecule has 0 spiro atoms. The minimum Gasteiger partial charge on any atom is -0.494 e. The Balaban J connectivity index is 2.26. The third-order valence-corrected chi connectivity index (χ3v) is 2.88. The van der Waals surface area contributed by atoms with Crippen molar-refractivity contribution < 1.29 is 4.74 Å². The monoisotopic (exact) mass is 261 g/mol. The third kappa shape index (κ3) is 3.10. The number of hydrogen-bond acceptors (Lipinski definition) is 5. The van der Waals surface area contributed by atoms with Gasteiger partial charge in [-0.25, -0.2) is 5.43 Å². The zero-order chi connectivity index (χ0) is 13.7. The number of hydrogen-bond donors (Lipinski definition) is 2. The van der Waals surface area contributed by atoms with E-state index in [9.17, 15) is 0 Å². The maximum Gasteiger partial charge on any atom is 0.119 e. The van der Waals surface area contributed by atoms with Gasteiger partial charge >= 0.3 is 0 Å². The first kappa shape index (κ1) is 13.5. The Bertz CT molecular complexity index is 525. The molecule has 2 rings (SSSR count). The van der Waals surface area contributed by atoms with Crippen molar-refractivity contribution >= 4 is 0 Å². The Morgan fingerprint density at radius 3 is 2.95 bits per heavy atom. The number of aryl methyl sites for hydroxylation is 1. The molecule has 0 amide bonds. The summed E-state index contributed by atoms with van der Waals surface area (Å²) in [5, 5.41) is 7.80. The summed E-state index contributed by atoms with van der Waals surface area (Å²) in [7, 11) is 1.84. The fraction of sp³-hybridized carbons (Fsp3) is 0.385. The SMILES string of the molecule is CCCOc1cccc(C(NN)c2cnnn2C)c1. The van der Waals surface area contributed by atoms with Gasteiger partial charge in [-0.1, -0.05) is 24.3 Å². The summed E-state index contributed by atoms with van der Waals surface area (Å²) in [6, 6.07) is 7.71. The molecule has 1 aromatic carbocycles. The number of rotatable bonds is 6. The Kier molecular flexibility index (Phi) is 4.48. The van der Waals surface area contributed by atoms with E-state index in [4.69, 9.17) is 10.6 Å². The highest BCUT2D eigenvalue weighted by Gasteiger charge is 2.16. The molecule has 19 heavy (non-hydrogen) atoms. The molecule has 1 aromatic heterocycles. The van der Waals surface area contributed by atoms with Gasteiger partial charge < -0.3 is 4.74 Å². The average molecular weight is 261 g/mol. The predicted molar refractivity (Wildman–Crippen MR) is 72.4 cm³/mol. The standard InChI is InChI=1S/C13H19N5O/c1-3-7-19-11-6-4-5-10(8-11)13(16-14)12-9-15-17-18(12)2/h4-6,8-9,13,16H,3,7,14H2,1-2H3. The lowest BCUT2D eigenvalue weighted by molar-refractivity contribution is 0.317. The van der Waals surface area contributed by atoms with Gasteiger partial charge in [-0.3, -0.25) is 10.5 Å². The molecule has 6 nitrogen and oxygen atoms in total. The molecule has 0 radical (unpaired) electrons. The minimum absolute atomic E-state index is 0.162. The second kappa shape index (κ2) is 6.31. The van der Waals surface area contributed by atoms with Gasteiger partial charge in [0.25, 0.3) is 0 Å². The number of hydrazine groups is 1. The normalized spacial score (nSPS) is 12.4. The summed E-state index contributed by atoms with van der Waals surface area (Å²) in [4.78, 5) is 0. The van der Waals surface area contributed by atoms with E-state index in [-0.39, 0.29) is 6.04 Å². The number of ether oxygens (including phenoxy) is 1. The number of nitrogens with two attached hydrogens (primary N) is 1. The van der Waals surface area contributed by atoms with Crippen LogP contribution in [0.4, 0.5) is 0 Å². The number of benzene rings is 1. The number of nitrogens with zero attached hydrogens (tertiary/aromatic N) is 3. The molecule has 0 fully saturated rings. The van der Waals surface area contributed by atoms with Crippen LogP contribution in [0.2, 0.25) is 0 Å². The van der Waals surface area contributed by atoms with Gasteiger partial charge in [0.15, 0.2) is 0 Å². The van der Waals surface area contributed by atoms with Crippen molar-refractivity contribution in [2.75, 3.05) is 6.61 Å². The van der Waals surface area contributed by atoms with E-state index >= 15 is 0 Å². The van der Waals surface area contributed by atoms with Crippen LogP contribution in [0.25, 0.3) is 0 Å². The van der Waals surface area contributed by atoms with Crippen LogP contribution in [0.1, 0.15) is 30.6 Å². The largest absolute Gasteiger partial charge is 0.494 e. The van der Waals surface area contributed by atoms with Crippen LogP contribution in [0.5, 0.6) is 5.75 Å². The topological polar surface area (TPSA) is 78.0 Å². The molecule has 2 aromatic rings. The van der Waals surface area contributed by atoms with Crippen LogP contribution in [-0.4, -0.2) is 21.6 Å². The molecule has 102 valence electrons. The van der Waals surface area contributed by atoms with Gasteiger partial charge in [-0.05, 0) is 24.1 Å². The van der Waals surface area contributed by atoms with Crippen LogP contribution in [-0.2, 0) is 7.05 Å². The van der Waals surface area contributed by atoms with Crippen molar-refractivity contribution in [3.05, 3.63) is 41.7 Å².